The van der Waals surface area contributed by atoms with Crippen molar-refractivity contribution in [2.75, 3.05) is 29.9 Å². The summed E-state index contributed by atoms with van der Waals surface area (Å²) in [6.45, 7) is 12.6. The zero-order valence-corrected chi connectivity index (χ0v) is 19.3. The van der Waals surface area contributed by atoms with Crippen LogP contribution >= 0.6 is 0 Å². The lowest BCUT2D eigenvalue weighted by Gasteiger charge is -2.40. The van der Waals surface area contributed by atoms with Crippen LogP contribution in [0.1, 0.15) is 23.1 Å². The molecular formula is C21H30N6O2Si. The van der Waals surface area contributed by atoms with Crippen LogP contribution < -0.4 is 21.1 Å². The highest BCUT2D eigenvalue weighted by Crippen LogP contribution is 2.21. The van der Waals surface area contributed by atoms with Gasteiger partial charge in [-0.3, -0.25) is 4.79 Å². The van der Waals surface area contributed by atoms with Crippen LogP contribution in [0.5, 0.6) is 0 Å². The Hall–Kier alpha value is -2.94. The van der Waals surface area contributed by atoms with Crippen LogP contribution in [0.15, 0.2) is 30.5 Å². The number of nitrogens with two attached hydrogens (primary N) is 1. The lowest BCUT2D eigenvalue weighted by atomic mass is 10.2. The molecule has 9 heteroatoms. The van der Waals surface area contributed by atoms with E-state index in [-0.39, 0.29) is 17.8 Å². The molecule has 1 aromatic carbocycles. The second-order valence-corrected chi connectivity index (χ2v) is 13.9. The van der Waals surface area contributed by atoms with E-state index in [2.05, 4.69) is 52.0 Å². The van der Waals surface area contributed by atoms with Crippen molar-refractivity contribution in [2.24, 2.45) is 5.73 Å². The van der Waals surface area contributed by atoms with Gasteiger partial charge in [0.15, 0.2) is 0 Å². The van der Waals surface area contributed by atoms with Gasteiger partial charge < -0.3 is 20.9 Å². The highest BCUT2D eigenvalue weighted by atomic mass is 28.3. The van der Waals surface area contributed by atoms with Crippen molar-refractivity contribution in [3.63, 3.8) is 0 Å². The number of hydrogen-bond acceptors (Lipinski definition) is 5. The van der Waals surface area contributed by atoms with Crippen molar-refractivity contribution in [1.29, 1.82) is 0 Å². The van der Waals surface area contributed by atoms with Gasteiger partial charge in [-0.25, -0.2) is 14.8 Å². The Balaban J connectivity index is 1.64. The Labute approximate surface area is 178 Å². The number of carbonyl (C=O) groups is 2. The summed E-state index contributed by atoms with van der Waals surface area (Å²) in [4.78, 5) is 36.6. The predicted octanol–water partition coefficient (Wildman–Crippen LogP) is 2.17. The second-order valence-electron chi connectivity index (χ2n) is 8.77. The Morgan fingerprint density at radius 2 is 1.83 bits per heavy atom. The van der Waals surface area contributed by atoms with E-state index < -0.39 is 14.0 Å². The number of hydrogen-bond donors (Lipinski definition) is 2. The molecule has 1 aliphatic heterocycles. The monoisotopic (exact) mass is 426 g/mol. The Morgan fingerprint density at radius 3 is 2.37 bits per heavy atom. The summed E-state index contributed by atoms with van der Waals surface area (Å²) in [5.41, 5.74) is 6.89. The summed E-state index contributed by atoms with van der Waals surface area (Å²) in [5.74, 6) is 0.124. The molecular weight excluding hydrogens is 396 g/mol. The van der Waals surface area contributed by atoms with Crippen molar-refractivity contribution in [3.8, 4) is 0 Å². The standard InChI is InChI=1S/C21H30N6O2Si/c1-14-13-26(20-15(2)24-18(12-23-20)19(22)28)10-11-27(14)21(29)25-16-6-8-17(9-7-16)30(3,4)5/h6-9,12,14H,10-11,13H2,1-5H3,(H2,22,28)(H,25,29)/t14-/m1/s1. The van der Waals surface area contributed by atoms with Crippen LogP contribution in [0.4, 0.5) is 16.3 Å². The summed E-state index contributed by atoms with van der Waals surface area (Å²) >= 11 is 0. The van der Waals surface area contributed by atoms with E-state index in [1.165, 1.54) is 11.4 Å². The molecule has 0 saturated carbocycles. The summed E-state index contributed by atoms with van der Waals surface area (Å²) in [6.07, 6.45) is 1.40. The molecule has 0 radical (unpaired) electrons. The third kappa shape index (κ3) is 4.78. The molecule has 3 N–H and O–H groups in total. The predicted molar refractivity (Wildman–Crippen MR) is 122 cm³/mol. The number of primary amides is 1. The van der Waals surface area contributed by atoms with Crippen molar-refractivity contribution < 1.29 is 9.59 Å². The molecule has 1 fully saturated rings. The molecule has 1 aromatic heterocycles. The number of urea groups is 1. The Morgan fingerprint density at radius 1 is 1.17 bits per heavy atom. The minimum Gasteiger partial charge on any atom is -0.364 e. The fourth-order valence-electron chi connectivity index (χ4n) is 3.60. The van der Waals surface area contributed by atoms with Crippen molar-refractivity contribution >= 4 is 36.7 Å². The number of rotatable bonds is 4. The molecule has 160 valence electrons. The molecule has 3 rings (SSSR count). The van der Waals surface area contributed by atoms with Crippen molar-refractivity contribution in [2.45, 2.75) is 39.5 Å². The third-order valence-corrected chi connectivity index (χ3v) is 7.43. The lowest BCUT2D eigenvalue weighted by molar-refractivity contribution is 0.0995. The van der Waals surface area contributed by atoms with E-state index in [1.54, 1.807) is 0 Å². The number of amides is 3. The first-order valence-electron chi connectivity index (χ1n) is 10.1. The van der Waals surface area contributed by atoms with Crippen LogP contribution in [0.25, 0.3) is 0 Å². The van der Waals surface area contributed by atoms with Gasteiger partial charge in [0.05, 0.1) is 20.0 Å². The van der Waals surface area contributed by atoms with Crippen LogP contribution in [-0.2, 0) is 0 Å². The Bertz CT molecular complexity index is 942. The number of anilines is 2. The number of aryl methyl sites for hydroxylation is 1. The molecule has 1 aliphatic rings. The van der Waals surface area contributed by atoms with Gasteiger partial charge in [-0.05, 0) is 26.0 Å². The highest BCUT2D eigenvalue weighted by molar-refractivity contribution is 6.88. The number of aromatic nitrogens is 2. The molecule has 8 nitrogen and oxygen atoms in total. The first-order chi connectivity index (χ1) is 14.1. The quantitative estimate of drug-likeness (QED) is 0.729. The van der Waals surface area contributed by atoms with E-state index in [0.29, 0.717) is 31.1 Å². The number of nitrogens with one attached hydrogen (secondary N) is 1. The minimum atomic E-state index is -1.36. The fourth-order valence-corrected chi connectivity index (χ4v) is 4.77. The van der Waals surface area contributed by atoms with Crippen LogP contribution in [0.2, 0.25) is 19.6 Å². The van der Waals surface area contributed by atoms with E-state index in [1.807, 2.05) is 30.9 Å². The minimum absolute atomic E-state index is 0.00276. The average Bonchev–Trinajstić information content (AvgIpc) is 2.67. The number of benzene rings is 1. The maximum Gasteiger partial charge on any atom is 0.322 e. The fraction of sp³-hybridized carbons (Fsp3) is 0.429. The second kappa shape index (κ2) is 8.43. The van der Waals surface area contributed by atoms with Crippen LogP contribution in [0, 0.1) is 6.92 Å². The van der Waals surface area contributed by atoms with E-state index >= 15 is 0 Å². The van der Waals surface area contributed by atoms with E-state index in [0.717, 1.165) is 5.69 Å². The molecule has 0 aliphatic carbocycles. The molecule has 30 heavy (non-hydrogen) atoms. The van der Waals surface area contributed by atoms with Gasteiger partial charge in [0, 0.05) is 31.4 Å². The molecule has 1 saturated heterocycles. The molecule has 3 amide bonds. The SMILES string of the molecule is Cc1nc(C(N)=O)cnc1N1CCN(C(=O)Nc2ccc([Si](C)(C)C)cc2)[C@H](C)C1. The van der Waals surface area contributed by atoms with Gasteiger partial charge in [-0.1, -0.05) is 37.0 Å². The maximum absolute atomic E-state index is 12.8. The number of piperazine rings is 1. The van der Waals surface area contributed by atoms with E-state index in [4.69, 9.17) is 5.73 Å². The van der Waals surface area contributed by atoms with E-state index in [9.17, 15) is 9.59 Å². The zero-order chi connectivity index (χ0) is 22.1. The summed E-state index contributed by atoms with van der Waals surface area (Å²) in [6, 6.07) is 8.07. The van der Waals surface area contributed by atoms with Gasteiger partial charge >= 0.3 is 6.03 Å². The first kappa shape index (κ1) is 21.8. The van der Waals surface area contributed by atoms with Gasteiger partial charge in [0.25, 0.3) is 5.91 Å². The van der Waals surface area contributed by atoms with Crippen molar-refractivity contribution in [3.05, 3.63) is 41.9 Å². The third-order valence-electron chi connectivity index (χ3n) is 5.36. The summed E-state index contributed by atoms with van der Waals surface area (Å²) < 4.78 is 0. The van der Waals surface area contributed by atoms with Crippen molar-refractivity contribution in [1.82, 2.24) is 14.9 Å². The normalized spacial score (nSPS) is 17.0. The molecule has 0 spiro atoms. The van der Waals surface area contributed by atoms with Crippen LogP contribution in [-0.4, -0.2) is 60.6 Å². The highest BCUT2D eigenvalue weighted by Gasteiger charge is 2.29. The lowest BCUT2D eigenvalue weighted by Crippen LogP contribution is -2.55. The maximum atomic E-state index is 12.8. The van der Waals surface area contributed by atoms with Crippen LogP contribution in [0.3, 0.4) is 0 Å². The zero-order valence-electron chi connectivity index (χ0n) is 18.3. The van der Waals surface area contributed by atoms with Gasteiger partial charge in [0.1, 0.15) is 11.5 Å². The number of nitrogens with zero attached hydrogens (tertiary/aromatic N) is 4. The number of carbonyl (C=O) groups excluding carboxylic acids is 2. The van der Waals surface area contributed by atoms with Gasteiger partial charge in [-0.15, -0.1) is 0 Å². The first-order valence-corrected chi connectivity index (χ1v) is 13.6. The largest absolute Gasteiger partial charge is 0.364 e. The Kier molecular flexibility index (Phi) is 6.11. The topological polar surface area (TPSA) is 104 Å². The smallest absolute Gasteiger partial charge is 0.322 e. The molecule has 2 aromatic rings. The summed E-state index contributed by atoms with van der Waals surface area (Å²) in [7, 11) is -1.36. The molecule has 0 unspecified atom stereocenters. The van der Waals surface area contributed by atoms with Gasteiger partial charge in [-0.2, -0.15) is 0 Å². The molecule has 2 heterocycles. The summed E-state index contributed by atoms with van der Waals surface area (Å²) in [5, 5.41) is 4.37. The average molecular weight is 427 g/mol. The van der Waals surface area contributed by atoms with Gasteiger partial charge in [0.2, 0.25) is 0 Å². The molecule has 1 atom stereocenters. The molecule has 0 bridgehead atoms.